The summed E-state index contributed by atoms with van der Waals surface area (Å²) < 4.78 is 5.80. The average Bonchev–Trinajstić information content (AvgIpc) is 2.54. The molecule has 0 radical (unpaired) electrons. The fraction of sp³-hybridized carbons (Fsp3) is 0.350. The number of rotatable bonds is 5. The molecule has 0 fully saturated rings. The molecule has 0 heterocycles. The van der Waals surface area contributed by atoms with Crippen molar-refractivity contribution >= 4 is 24.0 Å². The minimum atomic E-state index is -0.564. The van der Waals surface area contributed by atoms with Crippen LogP contribution in [-0.4, -0.2) is 11.9 Å². The topological polar surface area (TPSA) is 64.3 Å². The van der Waals surface area contributed by atoms with Crippen molar-refractivity contribution in [2.75, 3.05) is 5.32 Å². The van der Waals surface area contributed by atoms with Crippen LogP contribution in [0.1, 0.15) is 31.9 Å². The van der Waals surface area contributed by atoms with Crippen LogP contribution in [0, 0.1) is 12.3 Å². The van der Waals surface area contributed by atoms with Crippen LogP contribution in [0.15, 0.2) is 48.5 Å². The lowest BCUT2D eigenvalue weighted by molar-refractivity contribution is -0.119. The van der Waals surface area contributed by atoms with E-state index in [-0.39, 0.29) is 23.7 Å². The number of hydrogen-bond donors (Lipinski definition) is 2. The first-order valence-electron chi connectivity index (χ1n) is 8.11. The van der Waals surface area contributed by atoms with E-state index in [1.54, 1.807) is 0 Å². The van der Waals surface area contributed by atoms with Crippen molar-refractivity contribution in [3.05, 3.63) is 59.7 Å². The predicted octanol–water partition coefficient (Wildman–Crippen LogP) is 4.31. The van der Waals surface area contributed by atoms with Gasteiger partial charge in [0.15, 0.2) is 0 Å². The van der Waals surface area contributed by atoms with Gasteiger partial charge in [-0.15, -0.1) is 12.4 Å². The Bertz CT molecular complexity index is 697. The molecule has 0 aliphatic rings. The van der Waals surface area contributed by atoms with E-state index in [0.29, 0.717) is 6.61 Å². The lowest BCUT2D eigenvalue weighted by Gasteiger charge is -2.26. The van der Waals surface area contributed by atoms with Gasteiger partial charge in [-0.05, 0) is 41.7 Å². The van der Waals surface area contributed by atoms with E-state index in [2.05, 4.69) is 5.32 Å². The van der Waals surface area contributed by atoms with Crippen LogP contribution in [0.2, 0.25) is 0 Å². The molecule has 0 spiro atoms. The molecule has 0 bridgehead atoms. The third kappa shape index (κ3) is 6.07. The Morgan fingerprint density at radius 1 is 1.16 bits per heavy atom. The zero-order valence-electron chi connectivity index (χ0n) is 15.2. The Balaban J connectivity index is 0.00000312. The van der Waals surface area contributed by atoms with Gasteiger partial charge in [0.05, 0.1) is 6.04 Å². The zero-order valence-corrected chi connectivity index (χ0v) is 16.0. The lowest BCUT2D eigenvalue weighted by Crippen LogP contribution is -2.45. The first kappa shape index (κ1) is 21.0. The van der Waals surface area contributed by atoms with Crippen LogP contribution in [-0.2, 0) is 11.4 Å². The van der Waals surface area contributed by atoms with Gasteiger partial charge in [0.2, 0.25) is 5.91 Å². The normalized spacial score (nSPS) is 12.0. The Kier molecular flexibility index (Phi) is 7.46. The Morgan fingerprint density at radius 2 is 1.80 bits per heavy atom. The number of carbonyl (C=O) groups is 1. The second kappa shape index (κ2) is 8.88. The molecule has 4 nitrogen and oxygen atoms in total. The third-order valence-corrected chi connectivity index (χ3v) is 3.92. The van der Waals surface area contributed by atoms with Crippen molar-refractivity contribution in [1.82, 2.24) is 0 Å². The second-order valence-corrected chi connectivity index (χ2v) is 7.08. The quantitative estimate of drug-likeness (QED) is 0.833. The fourth-order valence-electron chi connectivity index (χ4n) is 2.21. The van der Waals surface area contributed by atoms with E-state index >= 15 is 0 Å². The molecule has 136 valence electrons. The van der Waals surface area contributed by atoms with E-state index in [4.69, 9.17) is 10.5 Å². The number of halogens is 1. The van der Waals surface area contributed by atoms with E-state index in [1.807, 2.05) is 76.2 Å². The summed E-state index contributed by atoms with van der Waals surface area (Å²) in [7, 11) is 0. The van der Waals surface area contributed by atoms with E-state index in [0.717, 1.165) is 22.6 Å². The summed E-state index contributed by atoms with van der Waals surface area (Å²) in [5.74, 6) is 0.595. The number of ether oxygens (including phenoxy) is 1. The Hall–Kier alpha value is -2.04. The maximum atomic E-state index is 12.2. The van der Waals surface area contributed by atoms with Crippen LogP contribution in [0.3, 0.4) is 0 Å². The standard InChI is InChI=1S/C20H26N2O2.ClH/c1-14-12-16(24-13-15-8-6-5-7-9-15)10-11-17(14)22-19(23)18(21)20(2,3)4;/h5-12,18H,13,21H2,1-4H3,(H,22,23);1H/t18-;/m1./s1. The molecule has 0 aliphatic carbocycles. The molecule has 2 aromatic carbocycles. The molecule has 2 aromatic rings. The van der Waals surface area contributed by atoms with Gasteiger partial charge in [-0.1, -0.05) is 51.1 Å². The number of nitrogens with one attached hydrogen (secondary N) is 1. The summed E-state index contributed by atoms with van der Waals surface area (Å²) in [6.07, 6.45) is 0. The third-order valence-electron chi connectivity index (χ3n) is 3.92. The first-order chi connectivity index (χ1) is 11.3. The summed E-state index contributed by atoms with van der Waals surface area (Å²) in [4.78, 5) is 12.2. The van der Waals surface area contributed by atoms with Crippen LogP contribution in [0.4, 0.5) is 5.69 Å². The molecule has 1 atom stereocenters. The monoisotopic (exact) mass is 362 g/mol. The number of hydrogen-bond acceptors (Lipinski definition) is 3. The SMILES string of the molecule is Cc1cc(OCc2ccccc2)ccc1NC(=O)[C@@H](N)C(C)(C)C.Cl. The summed E-state index contributed by atoms with van der Waals surface area (Å²) in [6.45, 7) is 8.30. The van der Waals surface area contributed by atoms with E-state index in [1.165, 1.54) is 0 Å². The summed E-state index contributed by atoms with van der Waals surface area (Å²) in [5, 5.41) is 2.90. The van der Waals surface area contributed by atoms with E-state index in [9.17, 15) is 4.79 Å². The number of carbonyl (C=O) groups excluding carboxylic acids is 1. The minimum Gasteiger partial charge on any atom is -0.489 e. The van der Waals surface area contributed by atoms with Gasteiger partial charge >= 0.3 is 0 Å². The van der Waals surface area contributed by atoms with Gasteiger partial charge in [-0.25, -0.2) is 0 Å². The molecule has 0 aliphatic heterocycles. The maximum Gasteiger partial charge on any atom is 0.241 e. The number of aryl methyl sites for hydroxylation is 1. The van der Waals surface area contributed by atoms with Gasteiger partial charge in [0, 0.05) is 5.69 Å². The van der Waals surface area contributed by atoms with Crippen molar-refractivity contribution in [1.29, 1.82) is 0 Å². The number of anilines is 1. The van der Waals surface area contributed by atoms with Crippen LogP contribution >= 0.6 is 12.4 Å². The Labute approximate surface area is 156 Å². The molecule has 0 saturated carbocycles. The highest BCUT2D eigenvalue weighted by molar-refractivity contribution is 5.95. The van der Waals surface area contributed by atoms with Gasteiger partial charge in [-0.3, -0.25) is 4.79 Å². The number of benzene rings is 2. The molecular weight excluding hydrogens is 336 g/mol. The first-order valence-corrected chi connectivity index (χ1v) is 8.11. The van der Waals surface area contributed by atoms with Crippen LogP contribution in [0.25, 0.3) is 0 Å². The molecular formula is C20H27ClN2O2. The molecule has 0 saturated heterocycles. The average molecular weight is 363 g/mol. The molecule has 1 amide bonds. The van der Waals surface area contributed by atoms with Gasteiger partial charge < -0.3 is 15.8 Å². The van der Waals surface area contributed by atoms with Crippen LogP contribution in [0.5, 0.6) is 5.75 Å². The minimum absolute atomic E-state index is 0. The summed E-state index contributed by atoms with van der Waals surface area (Å²) in [6, 6.07) is 15.1. The molecule has 0 aromatic heterocycles. The smallest absolute Gasteiger partial charge is 0.241 e. The molecule has 25 heavy (non-hydrogen) atoms. The number of amides is 1. The van der Waals surface area contributed by atoms with Crippen molar-refractivity contribution < 1.29 is 9.53 Å². The van der Waals surface area contributed by atoms with Crippen molar-refractivity contribution in [2.45, 2.75) is 40.3 Å². The van der Waals surface area contributed by atoms with Crippen LogP contribution < -0.4 is 15.8 Å². The Morgan fingerprint density at radius 3 is 2.36 bits per heavy atom. The van der Waals surface area contributed by atoms with Crippen molar-refractivity contribution in [3.63, 3.8) is 0 Å². The lowest BCUT2D eigenvalue weighted by atomic mass is 9.87. The van der Waals surface area contributed by atoms with E-state index < -0.39 is 6.04 Å². The summed E-state index contributed by atoms with van der Waals surface area (Å²) >= 11 is 0. The summed E-state index contributed by atoms with van der Waals surface area (Å²) in [5.41, 5.74) is 8.53. The fourth-order valence-corrected chi connectivity index (χ4v) is 2.21. The van der Waals surface area contributed by atoms with Crippen molar-refractivity contribution in [2.24, 2.45) is 11.1 Å². The van der Waals surface area contributed by atoms with Gasteiger partial charge in [0.1, 0.15) is 12.4 Å². The largest absolute Gasteiger partial charge is 0.489 e. The zero-order chi connectivity index (χ0) is 17.7. The molecule has 0 unspecified atom stereocenters. The van der Waals surface area contributed by atoms with Crippen molar-refractivity contribution in [3.8, 4) is 5.75 Å². The highest BCUT2D eigenvalue weighted by atomic mass is 35.5. The molecule has 2 rings (SSSR count). The maximum absolute atomic E-state index is 12.2. The number of nitrogens with two attached hydrogens (primary N) is 1. The van der Waals surface area contributed by atoms with Gasteiger partial charge in [0.25, 0.3) is 0 Å². The second-order valence-electron chi connectivity index (χ2n) is 7.08. The molecule has 5 heteroatoms. The predicted molar refractivity (Wildman–Crippen MR) is 105 cm³/mol. The van der Waals surface area contributed by atoms with Gasteiger partial charge in [-0.2, -0.15) is 0 Å². The highest BCUT2D eigenvalue weighted by Gasteiger charge is 2.27. The highest BCUT2D eigenvalue weighted by Crippen LogP contribution is 2.24. The molecule has 3 N–H and O–H groups in total.